The van der Waals surface area contributed by atoms with Crippen molar-refractivity contribution in [1.82, 2.24) is 20.4 Å². The number of hydrogen-bond acceptors (Lipinski definition) is 5. The van der Waals surface area contributed by atoms with Gasteiger partial charge in [0, 0.05) is 37.2 Å². The molecule has 0 unspecified atom stereocenters. The summed E-state index contributed by atoms with van der Waals surface area (Å²) in [5, 5.41) is 6.34. The van der Waals surface area contributed by atoms with Gasteiger partial charge in [0.1, 0.15) is 0 Å². The topological polar surface area (TPSA) is 64.7 Å². The van der Waals surface area contributed by atoms with E-state index in [2.05, 4.69) is 32.6 Å². The van der Waals surface area contributed by atoms with Gasteiger partial charge in [-0.3, -0.25) is 14.5 Å². The zero-order valence-electron chi connectivity index (χ0n) is 19.4. The van der Waals surface area contributed by atoms with E-state index in [-0.39, 0.29) is 23.7 Å². The van der Waals surface area contributed by atoms with Crippen molar-refractivity contribution in [3.05, 3.63) is 35.4 Å². The van der Waals surface area contributed by atoms with Gasteiger partial charge in [-0.05, 0) is 71.3 Å². The zero-order valence-corrected chi connectivity index (χ0v) is 19.4. The highest BCUT2D eigenvalue weighted by Crippen LogP contribution is 2.19. The van der Waals surface area contributed by atoms with Crippen LogP contribution in [0.2, 0.25) is 0 Å². The first-order valence-electron chi connectivity index (χ1n) is 12.1. The quantitative estimate of drug-likeness (QED) is 0.443. The number of nitrogens with zero attached hydrogens (tertiary/aromatic N) is 2. The lowest BCUT2D eigenvalue weighted by atomic mass is 9.95. The standard InChI is InChI=1S/C25H40N4O2/c1-20(2)27-25(31)23-10-15-29(16-11-23)19-21-6-8-22(9-7-21)24(30)18-26-12-17-28-13-4-3-5-14-28/h6-9,20,23,26H,3-5,10-19H2,1-2H3,(H,27,31). The molecule has 2 aliphatic rings. The summed E-state index contributed by atoms with van der Waals surface area (Å²) in [7, 11) is 0. The number of carbonyl (C=O) groups excluding carboxylic acids is 2. The molecule has 0 atom stereocenters. The second kappa shape index (κ2) is 12.3. The molecule has 0 spiro atoms. The van der Waals surface area contributed by atoms with Gasteiger partial charge in [0.25, 0.3) is 0 Å². The number of ketones is 1. The fraction of sp³-hybridized carbons (Fsp3) is 0.680. The Morgan fingerprint density at radius 2 is 1.65 bits per heavy atom. The number of piperidine rings is 2. The first kappa shape index (κ1) is 23.9. The molecule has 1 aromatic rings. The number of benzene rings is 1. The Bertz CT molecular complexity index is 690. The van der Waals surface area contributed by atoms with Crippen LogP contribution in [0.15, 0.2) is 24.3 Å². The summed E-state index contributed by atoms with van der Waals surface area (Å²) < 4.78 is 0. The molecule has 3 rings (SSSR count). The number of hydrogen-bond donors (Lipinski definition) is 2. The molecule has 1 amide bonds. The van der Waals surface area contributed by atoms with Gasteiger partial charge in [0.05, 0.1) is 6.54 Å². The maximum atomic E-state index is 12.4. The van der Waals surface area contributed by atoms with Gasteiger partial charge in [-0.2, -0.15) is 0 Å². The molecule has 6 nitrogen and oxygen atoms in total. The van der Waals surface area contributed by atoms with Crippen LogP contribution < -0.4 is 10.6 Å². The highest BCUT2D eigenvalue weighted by molar-refractivity contribution is 5.97. The third kappa shape index (κ3) is 8.02. The van der Waals surface area contributed by atoms with Crippen molar-refractivity contribution in [1.29, 1.82) is 0 Å². The first-order valence-corrected chi connectivity index (χ1v) is 12.1. The van der Waals surface area contributed by atoms with Crippen molar-refractivity contribution in [3.8, 4) is 0 Å². The van der Waals surface area contributed by atoms with Gasteiger partial charge < -0.3 is 15.5 Å². The molecule has 0 radical (unpaired) electrons. The normalized spacial score (nSPS) is 18.9. The van der Waals surface area contributed by atoms with Crippen molar-refractivity contribution in [3.63, 3.8) is 0 Å². The van der Waals surface area contributed by atoms with Crippen LogP contribution in [0.25, 0.3) is 0 Å². The maximum absolute atomic E-state index is 12.4. The van der Waals surface area contributed by atoms with Crippen LogP contribution >= 0.6 is 0 Å². The Labute approximate surface area is 187 Å². The summed E-state index contributed by atoms with van der Waals surface area (Å²) in [5.41, 5.74) is 2.00. The second-order valence-corrected chi connectivity index (χ2v) is 9.41. The van der Waals surface area contributed by atoms with Crippen LogP contribution in [0.4, 0.5) is 0 Å². The summed E-state index contributed by atoms with van der Waals surface area (Å²) in [4.78, 5) is 29.5. The number of rotatable bonds is 10. The van der Waals surface area contributed by atoms with E-state index in [1.165, 1.54) is 37.9 Å². The molecule has 2 saturated heterocycles. The van der Waals surface area contributed by atoms with E-state index in [0.29, 0.717) is 6.54 Å². The molecule has 2 aliphatic heterocycles. The lowest BCUT2D eigenvalue weighted by Gasteiger charge is -2.31. The number of likely N-dealkylation sites (tertiary alicyclic amines) is 2. The first-order chi connectivity index (χ1) is 15.0. The number of nitrogens with one attached hydrogen (secondary N) is 2. The summed E-state index contributed by atoms with van der Waals surface area (Å²) in [6.07, 6.45) is 5.79. The van der Waals surface area contributed by atoms with Crippen LogP contribution in [-0.4, -0.2) is 73.3 Å². The van der Waals surface area contributed by atoms with Gasteiger partial charge in [-0.25, -0.2) is 0 Å². The molecule has 0 aliphatic carbocycles. The molecular formula is C25H40N4O2. The van der Waals surface area contributed by atoms with Crippen LogP contribution in [-0.2, 0) is 11.3 Å². The smallest absolute Gasteiger partial charge is 0.223 e. The van der Waals surface area contributed by atoms with Crippen LogP contribution in [0.1, 0.15) is 61.9 Å². The Kier molecular flexibility index (Phi) is 9.50. The number of carbonyl (C=O) groups is 2. The van der Waals surface area contributed by atoms with Gasteiger partial charge in [-0.1, -0.05) is 30.7 Å². The molecule has 31 heavy (non-hydrogen) atoms. The Hall–Kier alpha value is -1.76. The predicted molar refractivity (Wildman–Crippen MR) is 125 cm³/mol. The van der Waals surface area contributed by atoms with E-state index in [9.17, 15) is 9.59 Å². The molecular weight excluding hydrogens is 388 g/mol. The molecule has 0 saturated carbocycles. The minimum atomic E-state index is 0.140. The van der Waals surface area contributed by atoms with Gasteiger partial charge in [-0.15, -0.1) is 0 Å². The molecule has 0 bridgehead atoms. The molecule has 2 heterocycles. The molecule has 1 aromatic carbocycles. The minimum Gasteiger partial charge on any atom is -0.354 e. The average molecular weight is 429 g/mol. The van der Waals surface area contributed by atoms with Crippen molar-refractivity contribution < 1.29 is 9.59 Å². The largest absolute Gasteiger partial charge is 0.354 e. The highest BCUT2D eigenvalue weighted by atomic mass is 16.2. The van der Waals surface area contributed by atoms with Gasteiger partial charge in [0.2, 0.25) is 5.91 Å². The van der Waals surface area contributed by atoms with E-state index in [1.54, 1.807) is 0 Å². The van der Waals surface area contributed by atoms with Crippen LogP contribution in [0, 0.1) is 5.92 Å². The molecule has 0 aromatic heterocycles. The monoisotopic (exact) mass is 428 g/mol. The van der Waals surface area contributed by atoms with Crippen molar-refractivity contribution in [2.75, 3.05) is 45.8 Å². The van der Waals surface area contributed by atoms with E-state index >= 15 is 0 Å². The SMILES string of the molecule is CC(C)NC(=O)C1CCN(Cc2ccc(C(=O)CNCCN3CCCCC3)cc2)CC1. The van der Waals surface area contributed by atoms with Crippen molar-refractivity contribution in [2.24, 2.45) is 5.92 Å². The van der Waals surface area contributed by atoms with Crippen LogP contribution in [0.3, 0.4) is 0 Å². The van der Waals surface area contributed by atoms with Gasteiger partial charge in [0.15, 0.2) is 5.78 Å². The van der Waals surface area contributed by atoms with E-state index in [4.69, 9.17) is 0 Å². The fourth-order valence-corrected chi connectivity index (χ4v) is 4.53. The molecule has 2 N–H and O–H groups in total. The third-order valence-electron chi connectivity index (χ3n) is 6.41. The van der Waals surface area contributed by atoms with Crippen molar-refractivity contribution in [2.45, 2.75) is 58.5 Å². The number of amides is 1. The fourth-order valence-electron chi connectivity index (χ4n) is 4.53. The summed E-state index contributed by atoms with van der Waals surface area (Å²) in [6.45, 7) is 11.5. The number of Topliss-reactive ketones (excluding diaryl/α,β-unsaturated/α-hetero) is 1. The average Bonchev–Trinajstić information content (AvgIpc) is 2.78. The van der Waals surface area contributed by atoms with E-state index < -0.39 is 0 Å². The second-order valence-electron chi connectivity index (χ2n) is 9.41. The lowest BCUT2D eigenvalue weighted by molar-refractivity contribution is -0.127. The maximum Gasteiger partial charge on any atom is 0.223 e. The Balaban J connectivity index is 1.35. The summed E-state index contributed by atoms with van der Waals surface area (Å²) in [6, 6.07) is 8.24. The third-order valence-corrected chi connectivity index (χ3v) is 6.41. The molecule has 172 valence electrons. The van der Waals surface area contributed by atoms with E-state index in [1.807, 2.05) is 26.0 Å². The lowest BCUT2D eigenvalue weighted by Crippen LogP contribution is -2.42. The zero-order chi connectivity index (χ0) is 22.1. The Morgan fingerprint density at radius 1 is 0.968 bits per heavy atom. The Morgan fingerprint density at radius 3 is 2.29 bits per heavy atom. The molecule has 2 fully saturated rings. The predicted octanol–water partition coefficient (Wildman–Crippen LogP) is 2.68. The van der Waals surface area contributed by atoms with Crippen LogP contribution in [0.5, 0.6) is 0 Å². The van der Waals surface area contributed by atoms with Crippen molar-refractivity contribution >= 4 is 11.7 Å². The minimum absolute atomic E-state index is 0.140. The summed E-state index contributed by atoms with van der Waals surface area (Å²) >= 11 is 0. The summed E-state index contributed by atoms with van der Waals surface area (Å²) in [5.74, 6) is 0.491. The van der Waals surface area contributed by atoms with E-state index in [0.717, 1.165) is 51.1 Å². The molecule has 6 heteroatoms. The highest BCUT2D eigenvalue weighted by Gasteiger charge is 2.25. The van der Waals surface area contributed by atoms with Gasteiger partial charge >= 0.3 is 0 Å².